The van der Waals surface area contributed by atoms with Crippen LogP contribution in [0, 0.1) is 0 Å². The van der Waals surface area contributed by atoms with Crippen molar-refractivity contribution in [2.45, 2.75) is 25.8 Å². The number of benzene rings is 2. The zero-order valence-electron chi connectivity index (χ0n) is 15.0. The maximum Gasteiger partial charge on any atom is 0.253 e. The molecule has 6 nitrogen and oxygen atoms in total. The highest BCUT2D eigenvalue weighted by molar-refractivity contribution is 6.33. The Kier molecular flexibility index (Phi) is 6.08. The van der Waals surface area contributed by atoms with Gasteiger partial charge in [-0.25, -0.2) is 4.98 Å². The number of amides is 2. The van der Waals surface area contributed by atoms with Crippen molar-refractivity contribution in [3.05, 3.63) is 64.9 Å². The van der Waals surface area contributed by atoms with E-state index in [1.807, 2.05) is 24.3 Å². The Bertz CT molecular complexity index is 921. The number of H-pyrrole nitrogens is 1. The molecule has 0 aliphatic heterocycles. The molecule has 0 saturated heterocycles. The standard InChI is InChI=1S/C20H21ClN4O2/c1-13(23-20(27)14-7-2-3-8-15(14)21)19(26)22-12-6-11-18-24-16-9-4-5-10-17(16)25-18/h2-5,7-10,13H,6,11-12H2,1H3,(H,22,26)(H,23,27)(H,24,25). The van der Waals surface area contributed by atoms with Crippen molar-refractivity contribution in [3.8, 4) is 0 Å². The number of halogens is 1. The average molecular weight is 385 g/mol. The van der Waals surface area contributed by atoms with Gasteiger partial charge in [0.15, 0.2) is 0 Å². The van der Waals surface area contributed by atoms with Gasteiger partial charge in [0.2, 0.25) is 5.91 Å². The number of para-hydroxylation sites is 2. The number of hydrogen-bond donors (Lipinski definition) is 3. The number of carbonyl (C=O) groups excluding carboxylic acids is 2. The minimum atomic E-state index is -0.653. The molecule has 0 spiro atoms. The number of aromatic nitrogens is 2. The van der Waals surface area contributed by atoms with Crippen LogP contribution >= 0.6 is 11.6 Å². The van der Waals surface area contributed by atoms with Crippen LogP contribution in [0.3, 0.4) is 0 Å². The van der Waals surface area contributed by atoms with Crippen molar-refractivity contribution in [2.75, 3.05) is 6.54 Å². The molecule has 140 valence electrons. The number of fused-ring (bicyclic) bond motifs is 1. The lowest BCUT2D eigenvalue weighted by atomic mass is 10.2. The molecule has 1 atom stereocenters. The van der Waals surface area contributed by atoms with Gasteiger partial charge in [-0.3, -0.25) is 9.59 Å². The fourth-order valence-electron chi connectivity index (χ4n) is 2.73. The number of rotatable bonds is 7. The van der Waals surface area contributed by atoms with Crippen molar-refractivity contribution in [1.29, 1.82) is 0 Å². The molecular weight excluding hydrogens is 364 g/mol. The third-order valence-corrected chi connectivity index (χ3v) is 4.52. The summed E-state index contributed by atoms with van der Waals surface area (Å²) in [5.41, 5.74) is 2.29. The van der Waals surface area contributed by atoms with Crippen LogP contribution in [-0.2, 0) is 11.2 Å². The summed E-state index contributed by atoms with van der Waals surface area (Å²) >= 11 is 6.00. The first-order valence-corrected chi connectivity index (χ1v) is 9.19. The van der Waals surface area contributed by atoms with E-state index in [0.717, 1.165) is 29.7 Å². The van der Waals surface area contributed by atoms with Crippen LogP contribution in [0.5, 0.6) is 0 Å². The Labute approximate surface area is 162 Å². The summed E-state index contributed by atoms with van der Waals surface area (Å²) in [5, 5.41) is 5.84. The summed E-state index contributed by atoms with van der Waals surface area (Å²) in [6.45, 7) is 2.14. The summed E-state index contributed by atoms with van der Waals surface area (Å²) in [6, 6.07) is 13.9. The third-order valence-electron chi connectivity index (χ3n) is 4.19. The molecule has 0 aliphatic carbocycles. The molecule has 1 unspecified atom stereocenters. The van der Waals surface area contributed by atoms with Gasteiger partial charge in [-0.1, -0.05) is 35.9 Å². The van der Waals surface area contributed by atoms with Gasteiger partial charge >= 0.3 is 0 Å². The molecule has 1 aromatic heterocycles. The maximum absolute atomic E-state index is 12.2. The molecule has 0 saturated carbocycles. The third kappa shape index (κ3) is 4.86. The Balaban J connectivity index is 1.43. The van der Waals surface area contributed by atoms with Crippen LogP contribution in [0.25, 0.3) is 11.0 Å². The summed E-state index contributed by atoms with van der Waals surface area (Å²) in [4.78, 5) is 32.1. The van der Waals surface area contributed by atoms with E-state index in [-0.39, 0.29) is 11.8 Å². The fraction of sp³-hybridized carbons (Fsp3) is 0.250. The first-order valence-electron chi connectivity index (χ1n) is 8.81. The first-order chi connectivity index (χ1) is 13.0. The van der Waals surface area contributed by atoms with Gasteiger partial charge in [0.1, 0.15) is 11.9 Å². The molecule has 1 heterocycles. The van der Waals surface area contributed by atoms with Gasteiger partial charge in [0.05, 0.1) is 21.6 Å². The molecule has 3 N–H and O–H groups in total. The Hall–Kier alpha value is -2.86. The van der Waals surface area contributed by atoms with Gasteiger partial charge in [-0.05, 0) is 37.6 Å². The second-order valence-corrected chi connectivity index (χ2v) is 6.68. The van der Waals surface area contributed by atoms with Crippen LogP contribution in [0.4, 0.5) is 0 Å². The van der Waals surface area contributed by atoms with Crippen molar-refractivity contribution in [3.63, 3.8) is 0 Å². The lowest BCUT2D eigenvalue weighted by Gasteiger charge is -2.14. The number of imidazole rings is 1. The van der Waals surface area contributed by atoms with Gasteiger partial charge < -0.3 is 15.6 Å². The van der Waals surface area contributed by atoms with E-state index in [2.05, 4.69) is 20.6 Å². The van der Waals surface area contributed by atoms with E-state index >= 15 is 0 Å². The molecule has 3 aromatic rings. The van der Waals surface area contributed by atoms with E-state index in [1.54, 1.807) is 31.2 Å². The number of nitrogens with zero attached hydrogens (tertiary/aromatic N) is 1. The normalized spacial score (nSPS) is 11.9. The average Bonchev–Trinajstić information content (AvgIpc) is 3.08. The quantitative estimate of drug-likeness (QED) is 0.547. The van der Waals surface area contributed by atoms with Gasteiger partial charge in [-0.15, -0.1) is 0 Å². The number of nitrogens with one attached hydrogen (secondary N) is 3. The molecule has 27 heavy (non-hydrogen) atoms. The van der Waals surface area contributed by atoms with Crippen molar-refractivity contribution >= 4 is 34.4 Å². The lowest BCUT2D eigenvalue weighted by molar-refractivity contribution is -0.122. The number of aromatic amines is 1. The maximum atomic E-state index is 12.2. The van der Waals surface area contributed by atoms with Crippen molar-refractivity contribution < 1.29 is 9.59 Å². The summed E-state index contributed by atoms with van der Waals surface area (Å²) < 4.78 is 0. The SMILES string of the molecule is CC(NC(=O)c1ccccc1Cl)C(=O)NCCCc1nc2ccccc2[nH]1. The highest BCUT2D eigenvalue weighted by Crippen LogP contribution is 2.14. The van der Waals surface area contributed by atoms with Gasteiger partial charge in [-0.2, -0.15) is 0 Å². The molecule has 3 rings (SSSR count). The predicted octanol–water partition coefficient (Wildman–Crippen LogP) is 3.08. The Morgan fingerprint density at radius 2 is 1.89 bits per heavy atom. The number of aryl methyl sites for hydroxylation is 1. The zero-order valence-corrected chi connectivity index (χ0v) is 15.7. The fourth-order valence-corrected chi connectivity index (χ4v) is 2.95. The van der Waals surface area contributed by atoms with E-state index in [4.69, 9.17) is 11.6 Å². The monoisotopic (exact) mass is 384 g/mol. The van der Waals surface area contributed by atoms with Crippen LogP contribution in [0.1, 0.15) is 29.5 Å². The summed E-state index contributed by atoms with van der Waals surface area (Å²) in [5.74, 6) is 0.288. The van der Waals surface area contributed by atoms with Crippen LogP contribution < -0.4 is 10.6 Å². The van der Waals surface area contributed by atoms with Crippen molar-refractivity contribution in [1.82, 2.24) is 20.6 Å². The number of hydrogen-bond acceptors (Lipinski definition) is 3. The largest absolute Gasteiger partial charge is 0.354 e. The van der Waals surface area contributed by atoms with E-state index < -0.39 is 6.04 Å². The molecule has 0 aliphatic rings. The van der Waals surface area contributed by atoms with Crippen LogP contribution in [0.2, 0.25) is 5.02 Å². The predicted molar refractivity (Wildman–Crippen MR) is 106 cm³/mol. The summed E-state index contributed by atoms with van der Waals surface area (Å²) in [7, 11) is 0. The molecule has 2 aromatic carbocycles. The first kappa shape index (κ1) is 18.9. The van der Waals surface area contributed by atoms with Gasteiger partial charge in [0, 0.05) is 13.0 Å². The molecule has 0 fully saturated rings. The topological polar surface area (TPSA) is 86.9 Å². The molecule has 0 radical (unpaired) electrons. The van der Waals surface area contributed by atoms with E-state index in [0.29, 0.717) is 17.1 Å². The molecule has 7 heteroatoms. The van der Waals surface area contributed by atoms with E-state index in [1.165, 1.54) is 0 Å². The zero-order chi connectivity index (χ0) is 19.2. The van der Waals surface area contributed by atoms with E-state index in [9.17, 15) is 9.59 Å². The number of carbonyl (C=O) groups is 2. The van der Waals surface area contributed by atoms with Crippen LogP contribution in [0.15, 0.2) is 48.5 Å². The Morgan fingerprint density at radius 3 is 2.67 bits per heavy atom. The highest BCUT2D eigenvalue weighted by atomic mass is 35.5. The smallest absolute Gasteiger partial charge is 0.253 e. The lowest BCUT2D eigenvalue weighted by Crippen LogP contribution is -2.45. The highest BCUT2D eigenvalue weighted by Gasteiger charge is 2.17. The molecular formula is C20H21ClN4O2. The van der Waals surface area contributed by atoms with Crippen molar-refractivity contribution in [2.24, 2.45) is 0 Å². The van der Waals surface area contributed by atoms with Crippen LogP contribution in [-0.4, -0.2) is 34.4 Å². The second-order valence-electron chi connectivity index (χ2n) is 6.27. The second kappa shape index (κ2) is 8.68. The Morgan fingerprint density at radius 1 is 1.15 bits per heavy atom. The molecule has 2 amide bonds. The summed E-state index contributed by atoms with van der Waals surface area (Å²) in [6.07, 6.45) is 1.48. The van der Waals surface area contributed by atoms with Gasteiger partial charge in [0.25, 0.3) is 5.91 Å². The minimum Gasteiger partial charge on any atom is -0.354 e. The minimum absolute atomic E-state index is 0.236. The molecule has 0 bridgehead atoms.